The van der Waals surface area contributed by atoms with Crippen molar-refractivity contribution in [1.29, 1.82) is 0 Å². The fourth-order valence-electron chi connectivity index (χ4n) is 0.482. The molecule has 0 saturated heterocycles. The molecule has 1 unspecified atom stereocenters. The van der Waals surface area contributed by atoms with Gasteiger partial charge in [0.15, 0.2) is 0 Å². The molecule has 66 valence electrons. The highest BCUT2D eigenvalue weighted by Gasteiger charge is 1.83. The van der Waals surface area contributed by atoms with E-state index in [0.29, 0.717) is 0 Å². The van der Waals surface area contributed by atoms with Crippen LogP contribution in [0, 0.1) is 0 Å². The number of carbonyl (C=O) groups is 1. The molecule has 0 heterocycles. The van der Waals surface area contributed by atoms with Gasteiger partial charge in [-0.05, 0) is 20.8 Å². The molecule has 0 spiro atoms. The summed E-state index contributed by atoms with van der Waals surface area (Å²) in [5.74, 6) is -0.833. The van der Waals surface area contributed by atoms with Gasteiger partial charge in [0.05, 0.1) is 6.10 Å². The number of carboxylic acids is 1. The number of hydrogen-bond donors (Lipinski definition) is 2. The van der Waals surface area contributed by atoms with Gasteiger partial charge in [-0.25, -0.2) is 0 Å². The van der Waals surface area contributed by atoms with Gasteiger partial charge in [0.2, 0.25) is 0 Å². The molecule has 2 N–H and O–H groups in total. The molecular formula is C8H16O3. The smallest absolute Gasteiger partial charge is 0.300 e. The van der Waals surface area contributed by atoms with E-state index in [0.717, 1.165) is 12.5 Å². The van der Waals surface area contributed by atoms with Crippen molar-refractivity contribution < 1.29 is 15.0 Å². The predicted molar refractivity (Wildman–Crippen MR) is 44.4 cm³/mol. The second-order valence-electron chi connectivity index (χ2n) is 2.50. The largest absolute Gasteiger partial charge is 0.481 e. The average Bonchev–Trinajstić information content (AvgIpc) is 1.56. The minimum absolute atomic E-state index is 0.287. The molecule has 0 aliphatic carbocycles. The number of rotatable bonds is 1. The topological polar surface area (TPSA) is 57.5 Å². The number of hydrogen-bond acceptors (Lipinski definition) is 2. The molecule has 0 aromatic heterocycles. The number of carboxylic acid groups (broad SMARTS) is 1. The van der Waals surface area contributed by atoms with Crippen molar-refractivity contribution in [3.63, 3.8) is 0 Å². The van der Waals surface area contributed by atoms with Crippen LogP contribution in [0.15, 0.2) is 11.6 Å². The first-order valence-corrected chi connectivity index (χ1v) is 3.39. The van der Waals surface area contributed by atoms with E-state index >= 15 is 0 Å². The summed E-state index contributed by atoms with van der Waals surface area (Å²) in [5.41, 5.74) is 1.16. The Balaban J connectivity index is 0. The van der Waals surface area contributed by atoms with Crippen molar-refractivity contribution in [1.82, 2.24) is 0 Å². The highest BCUT2D eigenvalue weighted by Crippen LogP contribution is 1.90. The van der Waals surface area contributed by atoms with Crippen molar-refractivity contribution in [2.45, 2.75) is 33.8 Å². The summed E-state index contributed by atoms with van der Waals surface area (Å²) < 4.78 is 0. The van der Waals surface area contributed by atoms with Crippen LogP contribution in [-0.4, -0.2) is 22.3 Å². The molecule has 0 aromatic rings. The molecule has 0 amide bonds. The second-order valence-corrected chi connectivity index (χ2v) is 2.50. The molecule has 11 heavy (non-hydrogen) atoms. The zero-order chi connectivity index (χ0) is 9.44. The van der Waals surface area contributed by atoms with Crippen LogP contribution >= 0.6 is 0 Å². The van der Waals surface area contributed by atoms with Crippen LogP contribution in [0.5, 0.6) is 0 Å². The zero-order valence-electron chi connectivity index (χ0n) is 7.46. The van der Waals surface area contributed by atoms with Crippen LogP contribution in [0.25, 0.3) is 0 Å². The normalized spacial score (nSPS) is 10.6. The lowest BCUT2D eigenvalue weighted by Crippen LogP contribution is -1.92. The van der Waals surface area contributed by atoms with E-state index in [9.17, 15) is 0 Å². The summed E-state index contributed by atoms with van der Waals surface area (Å²) in [6.45, 7) is 6.76. The molecule has 0 saturated carbocycles. The Kier molecular flexibility index (Phi) is 8.48. The summed E-state index contributed by atoms with van der Waals surface area (Å²) in [6, 6.07) is 0. The van der Waals surface area contributed by atoms with E-state index in [1.165, 1.54) is 0 Å². The van der Waals surface area contributed by atoms with Gasteiger partial charge in [-0.3, -0.25) is 4.79 Å². The first-order valence-electron chi connectivity index (χ1n) is 3.39. The van der Waals surface area contributed by atoms with E-state index in [2.05, 4.69) is 0 Å². The maximum atomic E-state index is 9.00. The zero-order valence-corrected chi connectivity index (χ0v) is 7.46. The molecular weight excluding hydrogens is 144 g/mol. The molecule has 0 radical (unpaired) electrons. The predicted octanol–water partition coefficient (Wildman–Crippen LogP) is 1.42. The van der Waals surface area contributed by atoms with E-state index in [4.69, 9.17) is 15.0 Å². The summed E-state index contributed by atoms with van der Waals surface area (Å²) in [5, 5.41) is 16.1. The Hall–Kier alpha value is -0.830. The van der Waals surface area contributed by atoms with Gasteiger partial charge in [0.1, 0.15) is 0 Å². The monoisotopic (exact) mass is 160 g/mol. The molecule has 3 nitrogen and oxygen atoms in total. The summed E-state index contributed by atoms with van der Waals surface area (Å²) in [6.07, 6.45) is 1.52. The summed E-state index contributed by atoms with van der Waals surface area (Å²) in [4.78, 5) is 9.00. The standard InChI is InChI=1S/C6H12O.C2H4O2/c1-5(2)4-6(3)7;1-2(3)4/h4,6-7H,1-3H3;1H3,(H,3,4). The molecule has 0 aliphatic heterocycles. The van der Waals surface area contributed by atoms with E-state index in [1.54, 1.807) is 13.0 Å². The summed E-state index contributed by atoms with van der Waals surface area (Å²) in [7, 11) is 0. The van der Waals surface area contributed by atoms with Crippen molar-refractivity contribution >= 4 is 5.97 Å². The number of allylic oxidation sites excluding steroid dienone is 1. The van der Waals surface area contributed by atoms with Crippen LogP contribution in [0.3, 0.4) is 0 Å². The minimum Gasteiger partial charge on any atom is -0.481 e. The lowest BCUT2D eigenvalue weighted by molar-refractivity contribution is -0.134. The van der Waals surface area contributed by atoms with Gasteiger partial charge in [0, 0.05) is 6.92 Å². The van der Waals surface area contributed by atoms with Crippen LogP contribution < -0.4 is 0 Å². The maximum Gasteiger partial charge on any atom is 0.300 e. The fourth-order valence-corrected chi connectivity index (χ4v) is 0.482. The Labute approximate surface area is 67.4 Å². The summed E-state index contributed by atoms with van der Waals surface area (Å²) >= 11 is 0. The van der Waals surface area contributed by atoms with E-state index in [-0.39, 0.29) is 6.10 Å². The molecule has 0 bridgehead atoms. The number of aliphatic hydroxyl groups excluding tert-OH is 1. The number of aliphatic carboxylic acids is 1. The third-order valence-corrected chi connectivity index (χ3v) is 0.575. The lowest BCUT2D eigenvalue weighted by atomic mass is 10.2. The van der Waals surface area contributed by atoms with Gasteiger partial charge in [-0.2, -0.15) is 0 Å². The van der Waals surface area contributed by atoms with Gasteiger partial charge in [0.25, 0.3) is 5.97 Å². The van der Waals surface area contributed by atoms with Crippen molar-refractivity contribution in [2.75, 3.05) is 0 Å². The first kappa shape index (κ1) is 12.8. The molecule has 3 heteroatoms. The van der Waals surface area contributed by atoms with Gasteiger partial charge in [-0.15, -0.1) is 0 Å². The van der Waals surface area contributed by atoms with Crippen LogP contribution in [0.1, 0.15) is 27.7 Å². The fraction of sp³-hybridized carbons (Fsp3) is 0.625. The van der Waals surface area contributed by atoms with Gasteiger partial charge in [-0.1, -0.05) is 11.6 Å². The lowest BCUT2D eigenvalue weighted by Gasteiger charge is -1.92. The van der Waals surface area contributed by atoms with Crippen molar-refractivity contribution in [2.24, 2.45) is 0 Å². The van der Waals surface area contributed by atoms with E-state index < -0.39 is 5.97 Å². The highest BCUT2D eigenvalue weighted by atomic mass is 16.4. The number of aliphatic hydroxyl groups is 1. The van der Waals surface area contributed by atoms with E-state index in [1.807, 2.05) is 13.8 Å². The average molecular weight is 160 g/mol. The van der Waals surface area contributed by atoms with Gasteiger partial charge < -0.3 is 10.2 Å². The highest BCUT2D eigenvalue weighted by molar-refractivity contribution is 5.62. The van der Waals surface area contributed by atoms with Crippen LogP contribution in [0.2, 0.25) is 0 Å². The Morgan fingerprint density at radius 2 is 1.64 bits per heavy atom. The Morgan fingerprint density at radius 3 is 1.64 bits per heavy atom. The molecule has 0 rings (SSSR count). The van der Waals surface area contributed by atoms with Crippen LogP contribution in [-0.2, 0) is 4.79 Å². The van der Waals surface area contributed by atoms with Crippen LogP contribution in [0.4, 0.5) is 0 Å². The third kappa shape index (κ3) is 46.9. The molecule has 1 atom stereocenters. The second kappa shape index (κ2) is 7.28. The SMILES string of the molecule is CC(=O)O.CC(C)=CC(C)O. The Bertz CT molecular complexity index is 128. The molecule has 0 aliphatic rings. The Morgan fingerprint density at radius 1 is 1.36 bits per heavy atom. The maximum absolute atomic E-state index is 9.00. The quantitative estimate of drug-likeness (QED) is 0.570. The molecule has 0 fully saturated rings. The van der Waals surface area contributed by atoms with Gasteiger partial charge >= 0.3 is 0 Å². The minimum atomic E-state index is -0.833. The third-order valence-electron chi connectivity index (χ3n) is 0.575. The van der Waals surface area contributed by atoms with Crippen molar-refractivity contribution in [3.05, 3.63) is 11.6 Å². The van der Waals surface area contributed by atoms with Crippen molar-refractivity contribution in [3.8, 4) is 0 Å². The molecule has 0 aromatic carbocycles. The first-order chi connectivity index (χ1) is 4.86.